The number of carbonyl (C=O) groups is 2. The highest BCUT2D eigenvalue weighted by Crippen LogP contribution is 2.37. The van der Waals surface area contributed by atoms with Crippen LogP contribution in [0.1, 0.15) is 57.3 Å². The molecular formula is C30H32FN3O5. The number of nitrogens with zero attached hydrogens (tertiary/aromatic N) is 2. The average molecular weight is 534 g/mol. The minimum Gasteiger partial charge on any atom is -0.485 e. The highest BCUT2D eigenvalue weighted by atomic mass is 19.1. The summed E-state index contributed by atoms with van der Waals surface area (Å²) in [6.07, 6.45) is 3.66. The zero-order valence-corrected chi connectivity index (χ0v) is 22.3. The van der Waals surface area contributed by atoms with Gasteiger partial charge in [0.2, 0.25) is 11.8 Å². The number of anilines is 1. The zero-order chi connectivity index (χ0) is 27.6. The van der Waals surface area contributed by atoms with Crippen LogP contribution >= 0.6 is 0 Å². The van der Waals surface area contributed by atoms with Crippen molar-refractivity contribution in [1.29, 1.82) is 0 Å². The number of hydrogen-bond acceptors (Lipinski definition) is 6. The predicted octanol–water partition coefficient (Wildman–Crippen LogP) is 6.42. The molecule has 0 saturated carbocycles. The number of likely N-dealkylation sites (tertiary alicyclic amines) is 1. The van der Waals surface area contributed by atoms with Crippen molar-refractivity contribution in [1.82, 2.24) is 9.88 Å². The van der Waals surface area contributed by atoms with E-state index >= 15 is 0 Å². The van der Waals surface area contributed by atoms with Gasteiger partial charge in [-0.05, 0) is 94.0 Å². The van der Waals surface area contributed by atoms with Crippen molar-refractivity contribution in [2.45, 2.75) is 64.2 Å². The number of halogens is 1. The minimum atomic E-state index is -0.628. The topological polar surface area (TPSA) is 90.0 Å². The third-order valence-electron chi connectivity index (χ3n) is 6.61. The second kappa shape index (κ2) is 10.9. The molecule has 1 fully saturated rings. The van der Waals surface area contributed by atoms with Gasteiger partial charge >= 0.3 is 6.09 Å². The number of amides is 2. The van der Waals surface area contributed by atoms with Gasteiger partial charge in [-0.2, -0.15) is 0 Å². The van der Waals surface area contributed by atoms with Crippen LogP contribution in [0.15, 0.2) is 60.8 Å². The van der Waals surface area contributed by atoms with Gasteiger partial charge in [-0.3, -0.25) is 9.69 Å². The summed E-state index contributed by atoms with van der Waals surface area (Å²) in [6.45, 7) is 5.88. The summed E-state index contributed by atoms with van der Waals surface area (Å²) in [7, 11) is 0. The number of aromatic nitrogens is 1. The van der Waals surface area contributed by atoms with Crippen LogP contribution in [0.5, 0.6) is 17.4 Å². The molecule has 204 valence electrons. The van der Waals surface area contributed by atoms with Gasteiger partial charge < -0.3 is 19.5 Å². The predicted molar refractivity (Wildman–Crippen MR) is 143 cm³/mol. The summed E-state index contributed by atoms with van der Waals surface area (Å²) >= 11 is 0. The van der Waals surface area contributed by atoms with Gasteiger partial charge in [0.1, 0.15) is 35.1 Å². The van der Waals surface area contributed by atoms with E-state index in [9.17, 15) is 14.0 Å². The maximum absolute atomic E-state index is 13.6. The Morgan fingerprint density at radius 2 is 1.95 bits per heavy atom. The normalized spacial score (nSPS) is 18.6. The van der Waals surface area contributed by atoms with E-state index in [-0.39, 0.29) is 17.8 Å². The van der Waals surface area contributed by atoms with Gasteiger partial charge in [0, 0.05) is 12.6 Å². The molecule has 2 aromatic carbocycles. The van der Waals surface area contributed by atoms with Crippen molar-refractivity contribution in [3.05, 3.63) is 77.7 Å². The lowest BCUT2D eigenvalue weighted by Crippen LogP contribution is -2.45. The fourth-order valence-electron chi connectivity index (χ4n) is 4.81. The summed E-state index contributed by atoms with van der Waals surface area (Å²) in [6, 6.07) is 14.9. The fraction of sp³-hybridized carbons (Fsp3) is 0.367. The molecule has 2 atom stereocenters. The van der Waals surface area contributed by atoms with E-state index < -0.39 is 17.7 Å². The van der Waals surface area contributed by atoms with Gasteiger partial charge in [-0.25, -0.2) is 14.2 Å². The number of nitrogens with one attached hydrogen (secondary N) is 1. The van der Waals surface area contributed by atoms with Crippen LogP contribution in [0.4, 0.5) is 14.9 Å². The second-order valence-corrected chi connectivity index (χ2v) is 10.8. The molecule has 1 N–H and O–H groups in total. The molecule has 1 saturated heterocycles. The molecule has 0 aliphatic carbocycles. The van der Waals surface area contributed by atoms with Crippen molar-refractivity contribution < 1.29 is 28.2 Å². The van der Waals surface area contributed by atoms with Crippen molar-refractivity contribution >= 4 is 17.7 Å². The molecular weight excluding hydrogens is 501 g/mol. The van der Waals surface area contributed by atoms with Crippen LogP contribution in [0.25, 0.3) is 0 Å². The van der Waals surface area contributed by atoms with Crippen LogP contribution < -0.4 is 14.8 Å². The first-order valence-electron chi connectivity index (χ1n) is 13.1. The molecule has 3 aromatic rings. The van der Waals surface area contributed by atoms with E-state index in [1.54, 1.807) is 45.0 Å². The summed E-state index contributed by atoms with van der Waals surface area (Å²) in [5.41, 5.74) is 1.71. The molecule has 2 aliphatic heterocycles. The third kappa shape index (κ3) is 6.47. The number of pyridine rings is 1. The average Bonchev–Trinajstić information content (AvgIpc) is 3.39. The molecule has 2 amide bonds. The first kappa shape index (κ1) is 26.5. The van der Waals surface area contributed by atoms with Crippen LogP contribution in [-0.2, 0) is 16.0 Å². The Kier molecular flexibility index (Phi) is 7.41. The van der Waals surface area contributed by atoms with Gasteiger partial charge in [0.05, 0.1) is 11.9 Å². The van der Waals surface area contributed by atoms with Crippen molar-refractivity contribution in [3.8, 4) is 17.4 Å². The number of aryl methyl sites for hydroxylation is 1. The monoisotopic (exact) mass is 533 g/mol. The molecule has 3 heterocycles. The smallest absolute Gasteiger partial charge is 0.410 e. The van der Waals surface area contributed by atoms with Gasteiger partial charge in [0.25, 0.3) is 0 Å². The van der Waals surface area contributed by atoms with Crippen LogP contribution in [0.3, 0.4) is 0 Å². The SMILES string of the molecule is CC(C)(C)OC(=O)N1CCC[C@H]1C(=O)Nc1ccc(Oc2ccc3c(c2)CCC(c2cccc(F)c2)O3)nc1. The van der Waals surface area contributed by atoms with E-state index in [0.29, 0.717) is 30.3 Å². The molecule has 1 aromatic heterocycles. The van der Waals surface area contributed by atoms with Gasteiger partial charge in [0.15, 0.2) is 0 Å². The van der Waals surface area contributed by atoms with Crippen molar-refractivity contribution in [3.63, 3.8) is 0 Å². The summed E-state index contributed by atoms with van der Waals surface area (Å²) < 4.78 is 31.1. The summed E-state index contributed by atoms with van der Waals surface area (Å²) in [4.78, 5) is 31.2. The van der Waals surface area contributed by atoms with E-state index in [0.717, 1.165) is 36.1 Å². The summed E-state index contributed by atoms with van der Waals surface area (Å²) in [5.74, 6) is 1.19. The number of hydrogen-bond donors (Lipinski definition) is 1. The fourth-order valence-corrected chi connectivity index (χ4v) is 4.81. The number of carbonyl (C=O) groups excluding carboxylic acids is 2. The minimum absolute atomic E-state index is 0.190. The zero-order valence-electron chi connectivity index (χ0n) is 22.3. The van der Waals surface area contributed by atoms with E-state index in [1.807, 2.05) is 18.2 Å². The second-order valence-electron chi connectivity index (χ2n) is 10.8. The molecule has 39 heavy (non-hydrogen) atoms. The molecule has 5 rings (SSSR count). The van der Waals surface area contributed by atoms with Crippen molar-refractivity contribution in [2.75, 3.05) is 11.9 Å². The lowest BCUT2D eigenvalue weighted by atomic mass is 9.97. The highest BCUT2D eigenvalue weighted by molar-refractivity contribution is 5.96. The molecule has 8 nitrogen and oxygen atoms in total. The molecule has 9 heteroatoms. The lowest BCUT2D eigenvalue weighted by molar-refractivity contribution is -0.120. The summed E-state index contributed by atoms with van der Waals surface area (Å²) in [5, 5.41) is 2.84. The van der Waals surface area contributed by atoms with Gasteiger partial charge in [-0.1, -0.05) is 12.1 Å². The maximum atomic E-state index is 13.6. The highest BCUT2D eigenvalue weighted by Gasteiger charge is 2.36. The molecule has 0 radical (unpaired) electrons. The maximum Gasteiger partial charge on any atom is 0.410 e. The Balaban J connectivity index is 1.18. The van der Waals surface area contributed by atoms with Crippen molar-refractivity contribution in [2.24, 2.45) is 0 Å². The number of rotatable bonds is 5. The van der Waals surface area contributed by atoms with Crippen LogP contribution in [0, 0.1) is 5.82 Å². The van der Waals surface area contributed by atoms with E-state index in [2.05, 4.69) is 10.3 Å². The molecule has 0 spiro atoms. The largest absolute Gasteiger partial charge is 0.485 e. The molecule has 2 aliphatic rings. The first-order valence-corrected chi connectivity index (χ1v) is 13.1. The number of ether oxygens (including phenoxy) is 3. The Bertz CT molecular complexity index is 1360. The van der Waals surface area contributed by atoms with Gasteiger partial charge in [-0.15, -0.1) is 0 Å². The number of fused-ring (bicyclic) bond motifs is 1. The standard InChI is InChI=1S/C30H32FN3O5/c1-30(2,3)39-29(36)34-15-5-8-24(34)28(35)33-22-10-14-27(32-18-22)37-23-11-13-26-20(17-23)9-12-25(38-26)19-6-4-7-21(31)16-19/h4,6-7,10-11,13-14,16-18,24-25H,5,8-9,12,15H2,1-3H3,(H,33,35)/t24-,25?/m0/s1. The lowest BCUT2D eigenvalue weighted by Gasteiger charge is -2.28. The van der Waals surface area contributed by atoms with Crippen LogP contribution in [-0.4, -0.2) is 40.1 Å². The Hall–Kier alpha value is -4.14. The first-order chi connectivity index (χ1) is 18.6. The Morgan fingerprint density at radius 3 is 2.69 bits per heavy atom. The van der Waals surface area contributed by atoms with E-state index in [1.165, 1.54) is 23.2 Å². The van der Waals surface area contributed by atoms with E-state index in [4.69, 9.17) is 14.2 Å². The molecule has 1 unspecified atom stereocenters. The Labute approximate surface area is 227 Å². The third-order valence-corrected chi connectivity index (χ3v) is 6.61. The Morgan fingerprint density at radius 1 is 1.10 bits per heavy atom. The number of benzene rings is 2. The quantitative estimate of drug-likeness (QED) is 0.407. The van der Waals surface area contributed by atoms with Crippen LogP contribution in [0.2, 0.25) is 0 Å². The molecule has 0 bridgehead atoms.